The number of unbranched alkanes of at least 4 members (excludes halogenated alkanes) is 2. The fraction of sp³-hybridized carbons (Fsp3) is 0.529. The molecule has 2 atom stereocenters. The van der Waals surface area contributed by atoms with Crippen LogP contribution in [0, 0.1) is 0 Å². The van der Waals surface area contributed by atoms with Crippen molar-refractivity contribution >= 4 is 0 Å². The third-order valence-corrected chi connectivity index (χ3v) is 8.86. The van der Waals surface area contributed by atoms with Crippen molar-refractivity contribution in [2.24, 2.45) is 0 Å². The maximum Gasteiger partial charge on any atom is 0.173 e. The van der Waals surface area contributed by atoms with Crippen molar-refractivity contribution in [2.75, 3.05) is 27.2 Å². The van der Waals surface area contributed by atoms with Crippen molar-refractivity contribution in [1.82, 2.24) is 9.80 Å². The van der Waals surface area contributed by atoms with Gasteiger partial charge in [-0.15, -0.1) is 0 Å². The highest BCUT2D eigenvalue weighted by atomic mass is 15.2. The maximum atomic E-state index is 2.50. The van der Waals surface area contributed by atoms with Crippen LogP contribution in [0.2, 0.25) is 0 Å². The summed E-state index contributed by atoms with van der Waals surface area (Å²) in [6, 6.07) is 19.7. The molecule has 1 aromatic carbocycles. The first kappa shape index (κ1) is 27.0. The normalized spacial score (nSPS) is 20.4. The van der Waals surface area contributed by atoms with Gasteiger partial charge >= 0.3 is 0 Å². The second-order valence-electron chi connectivity index (χ2n) is 11.8. The molecule has 0 aliphatic carbocycles. The minimum atomic E-state index is 0.606. The van der Waals surface area contributed by atoms with E-state index < -0.39 is 0 Å². The van der Waals surface area contributed by atoms with Gasteiger partial charge in [0.2, 0.25) is 0 Å². The summed E-state index contributed by atoms with van der Waals surface area (Å²) >= 11 is 0. The molecule has 0 N–H and O–H groups in total. The van der Waals surface area contributed by atoms with Gasteiger partial charge in [-0.3, -0.25) is 9.80 Å². The van der Waals surface area contributed by atoms with Gasteiger partial charge in [0.1, 0.15) is 13.1 Å². The van der Waals surface area contributed by atoms with Gasteiger partial charge in [-0.1, -0.05) is 24.3 Å². The van der Waals surface area contributed by atoms with E-state index in [0.717, 1.165) is 13.1 Å². The number of nitrogens with zero attached hydrogens (tertiary/aromatic N) is 4. The molecule has 4 heteroatoms. The van der Waals surface area contributed by atoms with Gasteiger partial charge < -0.3 is 0 Å². The van der Waals surface area contributed by atoms with Crippen molar-refractivity contribution in [3.05, 3.63) is 95.6 Å². The van der Waals surface area contributed by atoms with Crippen LogP contribution in [0.3, 0.4) is 0 Å². The van der Waals surface area contributed by atoms with Crippen molar-refractivity contribution < 1.29 is 9.13 Å². The van der Waals surface area contributed by atoms with Crippen molar-refractivity contribution in [2.45, 2.75) is 89.4 Å². The Morgan fingerprint density at radius 3 is 1.47 bits per heavy atom. The predicted molar refractivity (Wildman–Crippen MR) is 155 cm³/mol. The van der Waals surface area contributed by atoms with E-state index >= 15 is 0 Å². The number of aryl methyl sites for hydroxylation is 4. The molecule has 4 nitrogen and oxygen atoms in total. The van der Waals surface area contributed by atoms with Crippen LogP contribution >= 0.6 is 0 Å². The van der Waals surface area contributed by atoms with E-state index in [9.17, 15) is 0 Å². The fourth-order valence-corrected chi connectivity index (χ4v) is 6.54. The van der Waals surface area contributed by atoms with Gasteiger partial charge in [0.25, 0.3) is 0 Å². The molecule has 0 unspecified atom stereocenters. The number of hydrogen-bond donors (Lipinski definition) is 0. The first-order valence-electron chi connectivity index (χ1n) is 15.1. The average Bonchev–Trinajstić information content (AvgIpc) is 3.58. The number of benzene rings is 1. The van der Waals surface area contributed by atoms with Crippen LogP contribution in [0.1, 0.15) is 85.7 Å². The van der Waals surface area contributed by atoms with E-state index in [0.29, 0.717) is 12.1 Å². The molecule has 0 amide bonds. The van der Waals surface area contributed by atoms with Crippen LogP contribution < -0.4 is 9.13 Å². The van der Waals surface area contributed by atoms with Crippen LogP contribution in [0.4, 0.5) is 0 Å². The Morgan fingerprint density at radius 2 is 1.08 bits per heavy atom. The number of aromatic nitrogens is 2. The van der Waals surface area contributed by atoms with Crippen molar-refractivity contribution in [1.29, 1.82) is 0 Å². The van der Waals surface area contributed by atoms with Crippen LogP contribution in [-0.4, -0.2) is 37.0 Å². The van der Waals surface area contributed by atoms with E-state index in [1.165, 1.54) is 99.6 Å². The molecule has 2 fully saturated rings. The first-order chi connectivity index (χ1) is 18.7. The van der Waals surface area contributed by atoms with Gasteiger partial charge in [-0.25, -0.2) is 9.13 Å². The number of rotatable bonds is 12. The lowest BCUT2D eigenvalue weighted by Gasteiger charge is -2.18. The standard InChI is InChI=1S/C34H48N4/c1-35-21-9-15-33(35)31-13-7-25-37(27-31)23-5-3-11-29-17-19-30(20-18-29)12-4-6-24-38-26-8-14-32(28-38)34-16-10-22-36(34)2/h7-8,13-14,17-20,25-28,33-34H,3-6,9-12,15-16,21-24H2,1-2H3/q+2/t33-,34-/m1/s1. The highest BCUT2D eigenvalue weighted by molar-refractivity contribution is 5.22. The van der Waals surface area contributed by atoms with E-state index in [1.807, 2.05) is 0 Å². The summed E-state index contributed by atoms with van der Waals surface area (Å²) < 4.78 is 4.79. The average molecular weight is 513 g/mol. The summed E-state index contributed by atoms with van der Waals surface area (Å²) in [6.07, 6.45) is 21.7. The van der Waals surface area contributed by atoms with E-state index in [-0.39, 0.29) is 0 Å². The Bertz CT molecular complexity index is 1050. The molecule has 38 heavy (non-hydrogen) atoms. The molecular formula is C34H48N4+2. The van der Waals surface area contributed by atoms with Gasteiger partial charge in [-0.2, -0.15) is 0 Å². The van der Waals surface area contributed by atoms with Crippen LogP contribution in [0.25, 0.3) is 0 Å². The number of pyridine rings is 2. The second kappa shape index (κ2) is 13.5. The minimum Gasteiger partial charge on any atom is -0.299 e. The predicted octanol–water partition coefficient (Wildman–Crippen LogP) is 5.84. The zero-order valence-corrected chi connectivity index (χ0v) is 23.8. The highest BCUT2D eigenvalue weighted by Gasteiger charge is 2.25. The van der Waals surface area contributed by atoms with E-state index in [2.05, 4.69) is 106 Å². The van der Waals surface area contributed by atoms with E-state index in [4.69, 9.17) is 0 Å². The third kappa shape index (κ3) is 7.30. The van der Waals surface area contributed by atoms with Crippen molar-refractivity contribution in [3.63, 3.8) is 0 Å². The molecule has 5 rings (SSSR count). The third-order valence-electron chi connectivity index (χ3n) is 8.86. The summed E-state index contributed by atoms with van der Waals surface area (Å²) in [6.45, 7) is 4.68. The van der Waals surface area contributed by atoms with Crippen LogP contribution in [0.15, 0.2) is 73.3 Å². The first-order valence-corrected chi connectivity index (χ1v) is 15.1. The summed E-state index contributed by atoms with van der Waals surface area (Å²) in [4.78, 5) is 4.99. The molecule has 202 valence electrons. The van der Waals surface area contributed by atoms with Gasteiger partial charge in [0, 0.05) is 48.2 Å². The largest absolute Gasteiger partial charge is 0.299 e. The molecule has 0 bridgehead atoms. The Labute approximate surface area is 230 Å². The molecular weight excluding hydrogens is 464 g/mol. The quantitative estimate of drug-likeness (QED) is 0.224. The lowest BCUT2D eigenvalue weighted by molar-refractivity contribution is -0.698. The zero-order chi connectivity index (χ0) is 26.2. The summed E-state index contributed by atoms with van der Waals surface area (Å²) in [5.41, 5.74) is 5.91. The molecule has 4 heterocycles. The minimum absolute atomic E-state index is 0.606. The molecule has 0 saturated carbocycles. The second-order valence-corrected chi connectivity index (χ2v) is 11.8. The topological polar surface area (TPSA) is 14.2 Å². The van der Waals surface area contributed by atoms with E-state index in [1.54, 1.807) is 0 Å². The summed E-state index contributed by atoms with van der Waals surface area (Å²) in [7, 11) is 4.52. The number of likely N-dealkylation sites (tertiary alicyclic amines) is 2. The smallest absolute Gasteiger partial charge is 0.173 e. The molecule has 0 radical (unpaired) electrons. The number of hydrogen-bond acceptors (Lipinski definition) is 2. The maximum absolute atomic E-state index is 2.50. The Balaban J connectivity index is 0.995. The Morgan fingerprint density at radius 1 is 0.632 bits per heavy atom. The Kier molecular flexibility index (Phi) is 9.59. The van der Waals surface area contributed by atoms with Gasteiger partial charge in [0.05, 0.1) is 0 Å². The molecule has 2 aromatic heterocycles. The molecule has 2 saturated heterocycles. The molecule has 2 aliphatic heterocycles. The molecule has 2 aliphatic rings. The van der Waals surface area contributed by atoms with Crippen LogP contribution in [-0.2, 0) is 25.9 Å². The van der Waals surface area contributed by atoms with Gasteiger partial charge in [0.15, 0.2) is 24.8 Å². The van der Waals surface area contributed by atoms with Crippen LogP contribution in [0.5, 0.6) is 0 Å². The Hall–Kier alpha value is -2.56. The SMILES string of the molecule is CN1CCC[C@@H]1c1ccc[n+](CCCCc2ccc(CCCC[n+]3cccc([C@H]4CCCN4C)c3)cc2)c1. The summed E-state index contributed by atoms with van der Waals surface area (Å²) in [5, 5.41) is 0. The monoisotopic (exact) mass is 512 g/mol. The highest BCUT2D eigenvalue weighted by Crippen LogP contribution is 2.30. The molecule has 0 spiro atoms. The van der Waals surface area contributed by atoms with Gasteiger partial charge in [-0.05, 0) is 102 Å². The lowest BCUT2D eigenvalue weighted by Crippen LogP contribution is -2.34. The summed E-state index contributed by atoms with van der Waals surface area (Å²) in [5.74, 6) is 0. The lowest BCUT2D eigenvalue weighted by atomic mass is 10.0. The molecule has 3 aromatic rings. The fourth-order valence-electron chi connectivity index (χ4n) is 6.54. The zero-order valence-electron chi connectivity index (χ0n) is 23.8. The van der Waals surface area contributed by atoms with Crippen molar-refractivity contribution in [3.8, 4) is 0 Å².